The molecule has 0 aliphatic carbocycles. The van der Waals surface area contributed by atoms with E-state index < -0.39 is 6.17 Å². The van der Waals surface area contributed by atoms with Crippen LogP contribution < -0.4 is 14.7 Å². The van der Waals surface area contributed by atoms with Crippen LogP contribution in [0.3, 0.4) is 0 Å². The second-order valence-electron chi connectivity index (χ2n) is 7.71. The van der Waals surface area contributed by atoms with E-state index in [2.05, 4.69) is 17.6 Å². The second-order valence-corrected chi connectivity index (χ2v) is 8.69. The van der Waals surface area contributed by atoms with Gasteiger partial charge in [0.15, 0.2) is 0 Å². The minimum atomic E-state index is -0.606. The summed E-state index contributed by atoms with van der Waals surface area (Å²) >= 11 is 1.34. The van der Waals surface area contributed by atoms with Crippen LogP contribution in [0.25, 0.3) is 22.0 Å². The van der Waals surface area contributed by atoms with Crippen LogP contribution in [0.4, 0.5) is 5.69 Å². The lowest BCUT2D eigenvalue weighted by Crippen LogP contribution is -2.59. The molecule has 1 amide bonds. The lowest BCUT2D eigenvalue weighted by atomic mass is 9.99. The molecule has 0 saturated heterocycles. The van der Waals surface area contributed by atoms with Gasteiger partial charge in [0.25, 0.3) is 17.0 Å². The first-order valence-corrected chi connectivity index (χ1v) is 11.8. The van der Waals surface area contributed by atoms with Crippen LogP contribution in [0, 0.1) is 0 Å². The number of carbonyl (C=O) groups excluding carboxylic acids is 1. The Kier molecular flexibility index (Phi) is 5.56. The number of para-hydroxylation sites is 1. The van der Waals surface area contributed by atoms with Crippen molar-refractivity contribution >= 4 is 34.1 Å². The van der Waals surface area contributed by atoms with Crippen LogP contribution in [-0.4, -0.2) is 21.7 Å². The van der Waals surface area contributed by atoms with Crippen molar-refractivity contribution < 1.29 is 14.6 Å². The van der Waals surface area contributed by atoms with E-state index in [1.165, 1.54) is 11.8 Å². The van der Waals surface area contributed by atoms with Gasteiger partial charge in [-0.05, 0) is 35.0 Å². The van der Waals surface area contributed by atoms with Crippen molar-refractivity contribution in [1.82, 2.24) is 10.1 Å². The maximum absolute atomic E-state index is 13.3. The van der Waals surface area contributed by atoms with Crippen molar-refractivity contribution in [3.63, 3.8) is 0 Å². The molecule has 6 nitrogen and oxygen atoms in total. The van der Waals surface area contributed by atoms with Crippen LogP contribution in [0.1, 0.15) is 25.1 Å². The van der Waals surface area contributed by atoms with Gasteiger partial charge in [0.2, 0.25) is 5.91 Å². The molecular formula is C26H22N4O2S. The van der Waals surface area contributed by atoms with Crippen LogP contribution in [0.2, 0.25) is 0 Å². The summed E-state index contributed by atoms with van der Waals surface area (Å²) in [6.45, 7) is 5.58. The number of aromatic nitrogens is 3. The first-order valence-electron chi connectivity index (χ1n) is 10.8. The van der Waals surface area contributed by atoms with Crippen LogP contribution >= 0.6 is 11.8 Å². The topological polar surface area (TPSA) is 73.0 Å². The number of amides is 1. The Hall–Kier alpha value is -3.71. The summed E-state index contributed by atoms with van der Waals surface area (Å²) in [4.78, 5) is 19.3. The Morgan fingerprint density at radius 1 is 1.15 bits per heavy atom. The Balaban J connectivity index is 1.81. The van der Waals surface area contributed by atoms with Crippen molar-refractivity contribution in [2.45, 2.75) is 24.7 Å². The van der Waals surface area contributed by atoms with E-state index in [0.717, 1.165) is 16.3 Å². The predicted molar refractivity (Wildman–Crippen MR) is 128 cm³/mol. The third-order valence-electron chi connectivity index (χ3n) is 5.69. The third kappa shape index (κ3) is 3.64. The summed E-state index contributed by atoms with van der Waals surface area (Å²) in [5.41, 5.74) is 2.59. The number of thioether (sulfide) groups is 1. The highest BCUT2D eigenvalue weighted by Gasteiger charge is 2.44. The molecule has 3 aromatic carbocycles. The molecule has 0 N–H and O–H groups in total. The van der Waals surface area contributed by atoms with Gasteiger partial charge in [0.05, 0.1) is 17.1 Å². The summed E-state index contributed by atoms with van der Waals surface area (Å²) in [6, 6.07) is 21.6. The van der Waals surface area contributed by atoms with Gasteiger partial charge in [-0.2, -0.15) is 0 Å². The number of benzene rings is 3. The van der Waals surface area contributed by atoms with E-state index in [1.807, 2.05) is 67.6 Å². The van der Waals surface area contributed by atoms with Gasteiger partial charge in [-0.15, -0.1) is 6.58 Å². The number of nitrogens with zero attached hydrogens (tertiary/aromatic N) is 4. The highest BCUT2D eigenvalue weighted by atomic mass is 32.2. The van der Waals surface area contributed by atoms with Crippen LogP contribution in [0.5, 0.6) is 5.88 Å². The highest BCUT2D eigenvalue weighted by molar-refractivity contribution is 7.99. The largest absolute Gasteiger partial charge is 0.854 e. The van der Waals surface area contributed by atoms with E-state index in [4.69, 9.17) is 5.10 Å². The zero-order valence-electron chi connectivity index (χ0n) is 18.1. The number of anilines is 1. The van der Waals surface area contributed by atoms with Crippen molar-refractivity contribution in [3.8, 4) is 17.1 Å². The molecule has 5 rings (SSSR count). The molecule has 4 aromatic rings. The molecule has 0 radical (unpaired) electrons. The molecule has 33 heavy (non-hydrogen) atoms. The van der Waals surface area contributed by atoms with E-state index >= 15 is 0 Å². The highest BCUT2D eigenvalue weighted by Crippen LogP contribution is 2.41. The average Bonchev–Trinajstić information content (AvgIpc) is 2.85. The lowest BCUT2D eigenvalue weighted by Gasteiger charge is -2.33. The lowest BCUT2D eigenvalue weighted by molar-refractivity contribution is -0.764. The SMILES string of the molecule is C=CCSc1nc([O-])c2[n+](n1)C(c1ccc3ccccc3c1)N(C(=O)CC)c1ccccc1-2. The Morgan fingerprint density at radius 3 is 2.70 bits per heavy atom. The maximum Gasteiger partial charge on any atom is 0.293 e. The predicted octanol–water partition coefficient (Wildman–Crippen LogP) is 4.24. The zero-order valence-corrected chi connectivity index (χ0v) is 19.0. The minimum absolute atomic E-state index is 0.0508. The van der Waals surface area contributed by atoms with E-state index in [1.54, 1.807) is 15.7 Å². The molecule has 1 aliphatic heterocycles. The zero-order chi connectivity index (χ0) is 22.9. The fourth-order valence-electron chi connectivity index (χ4n) is 4.24. The summed E-state index contributed by atoms with van der Waals surface area (Å²) < 4.78 is 1.67. The first-order chi connectivity index (χ1) is 16.1. The Bertz CT molecular complexity index is 1390. The molecule has 0 saturated carbocycles. The Morgan fingerprint density at radius 2 is 1.91 bits per heavy atom. The minimum Gasteiger partial charge on any atom is -0.854 e. The molecule has 2 heterocycles. The molecule has 1 aliphatic rings. The number of hydrogen-bond acceptors (Lipinski definition) is 5. The van der Waals surface area contributed by atoms with Gasteiger partial charge in [-0.25, -0.2) is 9.88 Å². The molecule has 7 heteroatoms. The Labute approximate surface area is 196 Å². The maximum atomic E-state index is 13.3. The van der Waals surface area contributed by atoms with Gasteiger partial charge in [-0.1, -0.05) is 71.9 Å². The summed E-state index contributed by atoms with van der Waals surface area (Å²) in [5.74, 6) is 0.164. The van der Waals surface area contributed by atoms with E-state index in [0.29, 0.717) is 34.3 Å². The normalized spacial score (nSPS) is 14.6. The quantitative estimate of drug-likeness (QED) is 0.256. The number of fused-ring (bicyclic) bond motifs is 4. The standard InChI is InChI=1S/C26H22N4O2S/c1-3-15-33-26-27-24(32)23-20-11-7-8-12-21(20)29(22(31)4-2)25(30(23)28-26)19-14-13-17-9-5-6-10-18(17)16-19/h3,5-14,16,25H,1,4,15H2,2H3. The third-order valence-corrected chi connectivity index (χ3v) is 6.52. The van der Waals surface area contributed by atoms with Crippen molar-refractivity contribution in [3.05, 3.63) is 84.9 Å². The molecule has 1 aromatic heterocycles. The van der Waals surface area contributed by atoms with Crippen LogP contribution in [0.15, 0.2) is 84.5 Å². The first kappa shape index (κ1) is 21.2. The van der Waals surface area contributed by atoms with Crippen molar-refractivity contribution in [2.75, 3.05) is 10.7 Å². The van der Waals surface area contributed by atoms with Crippen molar-refractivity contribution in [2.24, 2.45) is 0 Å². The smallest absolute Gasteiger partial charge is 0.293 e. The molecule has 0 spiro atoms. The molecule has 1 unspecified atom stereocenters. The van der Waals surface area contributed by atoms with Gasteiger partial charge in [-0.3, -0.25) is 4.79 Å². The number of rotatable bonds is 5. The van der Waals surface area contributed by atoms with Gasteiger partial charge in [0, 0.05) is 22.8 Å². The molecular weight excluding hydrogens is 432 g/mol. The van der Waals surface area contributed by atoms with E-state index in [9.17, 15) is 9.90 Å². The van der Waals surface area contributed by atoms with Crippen molar-refractivity contribution in [1.29, 1.82) is 0 Å². The monoisotopic (exact) mass is 454 g/mol. The number of carbonyl (C=O) groups is 1. The summed E-state index contributed by atoms with van der Waals surface area (Å²) in [6.07, 6.45) is 1.46. The van der Waals surface area contributed by atoms with Gasteiger partial charge >= 0.3 is 0 Å². The molecule has 1 atom stereocenters. The average molecular weight is 455 g/mol. The molecule has 164 valence electrons. The van der Waals surface area contributed by atoms with E-state index in [-0.39, 0.29) is 11.8 Å². The molecule has 0 bridgehead atoms. The summed E-state index contributed by atoms with van der Waals surface area (Å²) in [7, 11) is 0. The van der Waals surface area contributed by atoms with Gasteiger partial charge < -0.3 is 5.11 Å². The number of hydrogen-bond donors (Lipinski definition) is 0. The fraction of sp³-hybridized carbons (Fsp3) is 0.154. The van der Waals surface area contributed by atoms with Gasteiger partial charge in [0.1, 0.15) is 0 Å². The molecule has 0 fully saturated rings. The second kappa shape index (κ2) is 8.67. The fourth-order valence-corrected chi connectivity index (χ4v) is 4.80. The van der Waals surface area contributed by atoms with Crippen LogP contribution in [-0.2, 0) is 4.79 Å². The summed E-state index contributed by atoms with van der Waals surface area (Å²) in [5, 5.41) is 20.5.